The number of carbonyl (C=O) groups is 2. The normalized spacial score (nSPS) is 10.9. The number of benzene rings is 2. The van der Waals surface area contributed by atoms with Gasteiger partial charge in [-0.05, 0) is 37.3 Å². The summed E-state index contributed by atoms with van der Waals surface area (Å²) >= 11 is 0. The Balaban J connectivity index is 1.52. The maximum absolute atomic E-state index is 13.9. The predicted molar refractivity (Wildman–Crippen MR) is 110 cm³/mol. The Hall–Kier alpha value is -4.21. The number of fused-ring (bicyclic) bond motifs is 1. The van der Waals surface area contributed by atoms with Crippen LogP contribution in [0.4, 0.5) is 10.1 Å². The number of Topliss-reactive ketones (excluding diaryl/α,β-unsaturated/α-hetero) is 1. The van der Waals surface area contributed by atoms with Gasteiger partial charge in [0.15, 0.2) is 16.9 Å². The summed E-state index contributed by atoms with van der Waals surface area (Å²) in [5.74, 6) is -0.920. The van der Waals surface area contributed by atoms with E-state index >= 15 is 0 Å². The van der Waals surface area contributed by atoms with E-state index in [4.69, 9.17) is 0 Å². The van der Waals surface area contributed by atoms with E-state index in [-0.39, 0.29) is 30.0 Å². The first kappa shape index (κ1) is 20.1. The van der Waals surface area contributed by atoms with E-state index in [1.807, 2.05) is 0 Å². The van der Waals surface area contributed by atoms with Gasteiger partial charge in [0.2, 0.25) is 5.91 Å². The molecule has 9 nitrogen and oxygen atoms in total. The molecule has 0 bridgehead atoms. The van der Waals surface area contributed by atoms with Crippen molar-refractivity contribution >= 4 is 28.5 Å². The molecule has 0 radical (unpaired) electrons. The lowest BCUT2D eigenvalue weighted by atomic mass is 10.1. The molecule has 4 rings (SSSR count). The van der Waals surface area contributed by atoms with E-state index in [1.54, 1.807) is 42.5 Å². The minimum absolute atomic E-state index is 0.0162. The molecule has 1 amide bonds. The zero-order chi connectivity index (χ0) is 22.0. The van der Waals surface area contributed by atoms with Crippen molar-refractivity contribution in [3.8, 4) is 0 Å². The summed E-state index contributed by atoms with van der Waals surface area (Å²) in [6.45, 7) is 1.24. The van der Waals surface area contributed by atoms with Gasteiger partial charge in [-0.25, -0.2) is 14.1 Å². The number of hydrogen-bond donors (Lipinski definition) is 1. The van der Waals surface area contributed by atoms with Gasteiger partial charge in [-0.1, -0.05) is 23.4 Å². The molecule has 1 N–H and O–H groups in total. The van der Waals surface area contributed by atoms with Gasteiger partial charge in [-0.3, -0.25) is 19.0 Å². The summed E-state index contributed by atoms with van der Waals surface area (Å²) in [5.41, 5.74) is 1.06. The number of carbonyl (C=O) groups excluding carboxylic acids is 2. The Morgan fingerprint density at radius 3 is 2.55 bits per heavy atom. The minimum Gasteiger partial charge on any atom is -0.325 e. The summed E-state index contributed by atoms with van der Waals surface area (Å²) in [6.07, 6.45) is 1.23. The molecule has 4 aromatic rings. The van der Waals surface area contributed by atoms with E-state index in [1.165, 1.54) is 24.0 Å². The lowest BCUT2D eigenvalue weighted by molar-refractivity contribution is -0.116. The van der Waals surface area contributed by atoms with Crippen LogP contribution >= 0.6 is 0 Å². The number of rotatable bonds is 6. The van der Waals surface area contributed by atoms with Gasteiger partial charge in [-0.2, -0.15) is 0 Å². The number of nitrogens with zero attached hydrogens (tertiary/aromatic N) is 5. The van der Waals surface area contributed by atoms with Crippen LogP contribution in [-0.4, -0.2) is 36.2 Å². The fourth-order valence-corrected chi connectivity index (χ4v) is 3.04. The molecule has 2 aromatic carbocycles. The molecule has 156 valence electrons. The van der Waals surface area contributed by atoms with Crippen molar-refractivity contribution in [2.45, 2.75) is 20.0 Å². The Morgan fingerprint density at radius 2 is 1.84 bits per heavy atom. The van der Waals surface area contributed by atoms with Gasteiger partial charge in [0.25, 0.3) is 5.56 Å². The Labute approximate surface area is 175 Å². The molecular formula is C21H17FN6O3. The predicted octanol–water partition coefficient (Wildman–Crippen LogP) is 2.02. The number of amides is 1. The summed E-state index contributed by atoms with van der Waals surface area (Å²) < 4.78 is 16.3. The number of hydrogen-bond acceptors (Lipinski definition) is 6. The van der Waals surface area contributed by atoms with Crippen molar-refractivity contribution in [3.63, 3.8) is 0 Å². The van der Waals surface area contributed by atoms with Gasteiger partial charge in [0.1, 0.15) is 18.7 Å². The molecule has 0 fully saturated rings. The smallest absolute Gasteiger partial charge is 0.283 e. The number of halogens is 1. The highest BCUT2D eigenvalue weighted by Crippen LogP contribution is 2.12. The molecule has 0 unspecified atom stereocenters. The quantitative estimate of drug-likeness (QED) is 0.478. The van der Waals surface area contributed by atoms with Gasteiger partial charge in [-0.15, -0.1) is 5.10 Å². The van der Waals surface area contributed by atoms with Crippen LogP contribution in [0.15, 0.2) is 59.7 Å². The van der Waals surface area contributed by atoms with Crippen LogP contribution < -0.4 is 10.9 Å². The molecule has 0 atom stereocenters. The molecule has 0 aliphatic heterocycles. The summed E-state index contributed by atoms with van der Waals surface area (Å²) in [5, 5.41) is 10.4. The first-order valence-corrected chi connectivity index (χ1v) is 9.35. The zero-order valence-corrected chi connectivity index (χ0v) is 16.4. The summed E-state index contributed by atoms with van der Waals surface area (Å²) in [4.78, 5) is 40.5. The Morgan fingerprint density at radius 1 is 1.10 bits per heavy atom. The first-order chi connectivity index (χ1) is 14.9. The van der Waals surface area contributed by atoms with E-state index in [2.05, 4.69) is 20.6 Å². The van der Waals surface area contributed by atoms with Crippen molar-refractivity contribution in [2.75, 3.05) is 5.32 Å². The second-order valence-corrected chi connectivity index (χ2v) is 6.87. The van der Waals surface area contributed by atoms with Crippen molar-refractivity contribution < 1.29 is 14.0 Å². The average Bonchev–Trinajstić information content (AvgIpc) is 3.15. The number of ketones is 1. The molecule has 2 heterocycles. The highest BCUT2D eigenvalue weighted by atomic mass is 19.1. The number of nitrogens with one attached hydrogen (secondary N) is 1. The van der Waals surface area contributed by atoms with Crippen molar-refractivity contribution in [1.29, 1.82) is 0 Å². The lowest BCUT2D eigenvalue weighted by Crippen LogP contribution is -2.28. The van der Waals surface area contributed by atoms with Crippen LogP contribution in [0.3, 0.4) is 0 Å². The van der Waals surface area contributed by atoms with Crippen molar-refractivity contribution in [2.24, 2.45) is 0 Å². The molecule has 2 aromatic heterocycles. The van der Waals surface area contributed by atoms with Gasteiger partial charge in [0, 0.05) is 16.8 Å². The third-order valence-corrected chi connectivity index (χ3v) is 4.66. The lowest BCUT2D eigenvalue weighted by Gasteiger charge is -2.08. The second-order valence-electron chi connectivity index (χ2n) is 6.87. The second kappa shape index (κ2) is 8.27. The topological polar surface area (TPSA) is 112 Å². The molecule has 0 aliphatic rings. The summed E-state index contributed by atoms with van der Waals surface area (Å²) in [6, 6.07) is 12.6. The highest BCUT2D eigenvalue weighted by Gasteiger charge is 2.15. The van der Waals surface area contributed by atoms with Crippen molar-refractivity contribution in [3.05, 3.63) is 82.2 Å². The summed E-state index contributed by atoms with van der Waals surface area (Å²) in [7, 11) is 0. The van der Waals surface area contributed by atoms with Crippen LogP contribution in [0.1, 0.15) is 22.8 Å². The van der Waals surface area contributed by atoms with Gasteiger partial charge >= 0.3 is 0 Å². The molecule has 0 aliphatic carbocycles. The van der Waals surface area contributed by atoms with E-state index in [9.17, 15) is 18.8 Å². The van der Waals surface area contributed by atoms with Crippen LogP contribution in [0.5, 0.6) is 0 Å². The fourth-order valence-electron chi connectivity index (χ4n) is 3.04. The van der Waals surface area contributed by atoms with Crippen LogP contribution in [0.2, 0.25) is 0 Å². The monoisotopic (exact) mass is 420 g/mol. The molecule has 0 saturated heterocycles. The third-order valence-electron chi connectivity index (χ3n) is 4.66. The van der Waals surface area contributed by atoms with Crippen LogP contribution in [0.25, 0.3) is 11.2 Å². The molecule has 31 heavy (non-hydrogen) atoms. The largest absolute Gasteiger partial charge is 0.325 e. The maximum Gasteiger partial charge on any atom is 0.283 e. The van der Waals surface area contributed by atoms with Gasteiger partial charge in [0.05, 0.1) is 6.54 Å². The van der Waals surface area contributed by atoms with Crippen LogP contribution in [0, 0.1) is 5.82 Å². The number of aromatic nitrogens is 5. The highest BCUT2D eigenvalue weighted by molar-refractivity contribution is 5.95. The van der Waals surface area contributed by atoms with Gasteiger partial charge < -0.3 is 5.32 Å². The number of anilines is 1. The van der Waals surface area contributed by atoms with E-state index in [0.717, 1.165) is 4.57 Å². The van der Waals surface area contributed by atoms with Crippen LogP contribution in [-0.2, 0) is 17.9 Å². The van der Waals surface area contributed by atoms with E-state index < -0.39 is 17.3 Å². The molecular weight excluding hydrogens is 403 g/mol. The molecule has 10 heteroatoms. The SMILES string of the molecule is CC(=O)c1ccc(NC(=O)Cn2cnc3c(nnn3Cc3ccccc3F)c2=O)cc1. The Kier molecular flexibility index (Phi) is 5.35. The molecule has 0 saturated carbocycles. The standard InChI is InChI=1S/C21H17FN6O3/c1-13(29)14-6-8-16(9-7-14)24-18(30)11-27-12-23-20-19(21(27)31)25-26-28(20)10-15-4-2-3-5-17(15)22/h2-9,12H,10-11H2,1H3,(H,24,30). The van der Waals surface area contributed by atoms with Crippen molar-refractivity contribution in [1.82, 2.24) is 24.5 Å². The zero-order valence-electron chi connectivity index (χ0n) is 16.4. The minimum atomic E-state index is -0.535. The third kappa shape index (κ3) is 4.22. The first-order valence-electron chi connectivity index (χ1n) is 9.35. The Bertz CT molecular complexity index is 1340. The van der Waals surface area contributed by atoms with E-state index in [0.29, 0.717) is 16.8 Å². The average molecular weight is 420 g/mol. The molecule has 0 spiro atoms. The fraction of sp³-hybridized carbons (Fsp3) is 0.143. The maximum atomic E-state index is 13.9.